The lowest BCUT2D eigenvalue weighted by atomic mass is 10.1. The van der Waals surface area contributed by atoms with Gasteiger partial charge in [-0.2, -0.15) is 13.2 Å². The first-order valence-electron chi connectivity index (χ1n) is 7.57. The van der Waals surface area contributed by atoms with Crippen LogP contribution in [0.15, 0.2) is 40.2 Å². The predicted molar refractivity (Wildman–Crippen MR) is 91.0 cm³/mol. The maximum absolute atomic E-state index is 14.3. The molecule has 27 heavy (non-hydrogen) atoms. The van der Waals surface area contributed by atoms with E-state index in [1.165, 1.54) is 4.57 Å². The number of nitrogens with zero attached hydrogens (tertiary/aromatic N) is 2. The molecule has 2 heterocycles. The highest BCUT2D eigenvalue weighted by atomic mass is 35.5. The minimum absolute atomic E-state index is 0.00151. The summed E-state index contributed by atoms with van der Waals surface area (Å²) >= 11 is 6.68. The van der Waals surface area contributed by atoms with E-state index in [-0.39, 0.29) is 27.4 Å². The molecule has 1 aliphatic heterocycles. The van der Waals surface area contributed by atoms with Gasteiger partial charge in [0.2, 0.25) is 0 Å². The van der Waals surface area contributed by atoms with E-state index < -0.39 is 34.3 Å². The quantitative estimate of drug-likeness (QED) is 0.403. The zero-order valence-corrected chi connectivity index (χ0v) is 14.7. The van der Waals surface area contributed by atoms with Crippen LogP contribution in [0.4, 0.5) is 22.0 Å². The van der Waals surface area contributed by atoms with E-state index in [0.717, 1.165) is 36.2 Å². The first-order chi connectivity index (χ1) is 12.6. The second-order valence-corrected chi connectivity index (χ2v) is 7.61. The molecule has 0 radical (unpaired) electrons. The molecule has 140 valence electrons. The molecule has 10 heteroatoms. The summed E-state index contributed by atoms with van der Waals surface area (Å²) in [7, 11) is 0. The Morgan fingerprint density at radius 3 is 2.59 bits per heavy atom. The number of halogens is 6. The number of hydrogen-bond acceptors (Lipinski definition) is 3. The van der Waals surface area contributed by atoms with Gasteiger partial charge in [0, 0.05) is 34.7 Å². The van der Waals surface area contributed by atoms with Gasteiger partial charge in [-0.05, 0) is 18.2 Å². The van der Waals surface area contributed by atoms with Crippen molar-refractivity contribution in [1.82, 2.24) is 9.55 Å². The van der Waals surface area contributed by atoms with Gasteiger partial charge in [0.05, 0.1) is 21.4 Å². The summed E-state index contributed by atoms with van der Waals surface area (Å²) in [6.07, 6.45) is -3.51. The van der Waals surface area contributed by atoms with Crippen LogP contribution in [0.3, 0.4) is 0 Å². The molecule has 0 fully saturated rings. The standard InChI is InChI=1S/C17H8ClF5N2OS/c18-10-3-9(11(19)4-12(10)20)14-6-25-15-7(5-24-16(25)26)1-8(17(21,22)23)2-13(15)27-14/h1-5,14H,6H2. The molecule has 1 unspecified atom stereocenters. The molecule has 1 atom stereocenters. The molecule has 4 rings (SSSR count). The Balaban J connectivity index is 1.92. The summed E-state index contributed by atoms with van der Waals surface area (Å²) in [5, 5.41) is -0.933. The van der Waals surface area contributed by atoms with Crippen LogP contribution in [0.2, 0.25) is 5.02 Å². The van der Waals surface area contributed by atoms with Gasteiger partial charge < -0.3 is 0 Å². The van der Waals surface area contributed by atoms with Gasteiger partial charge in [-0.25, -0.2) is 18.6 Å². The summed E-state index contributed by atoms with van der Waals surface area (Å²) in [5.74, 6) is -1.84. The average molecular weight is 419 g/mol. The van der Waals surface area contributed by atoms with Crippen molar-refractivity contribution in [3.8, 4) is 0 Å². The SMILES string of the molecule is O=c1ncc2cc(C(F)(F)F)cc3c2n1CC(c1cc(Cl)c(F)cc1F)S3. The van der Waals surface area contributed by atoms with E-state index in [0.29, 0.717) is 11.6 Å². The van der Waals surface area contributed by atoms with E-state index >= 15 is 0 Å². The lowest BCUT2D eigenvalue weighted by Gasteiger charge is -2.27. The number of alkyl halides is 3. The van der Waals surface area contributed by atoms with Gasteiger partial charge in [0.25, 0.3) is 0 Å². The van der Waals surface area contributed by atoms with Crippen molar-refractivity contribution >= 4 is 34.3 Å². The van der Waals surface area contributed by atoms with Gasteiger partial charge in [-0.15, -0.1) is 11.8 Å². The molecule has 0 amide bonds. The summed E-state index contributed by atoms with van der Waals surface area (Å²) in [6.45, 7) is -0.0366. The third kappa shape index (κ3) is 3.08. The van der Waals surface area contributed by atoms with Crippen LogP contribution < -0.4 is 5.69 Å². The minimum atomic E-state index is -4.59. The first-order valence-corrected chi connectivity index (χ1v) is 8.83. The Labute approximate surface area is 157 Å². The van der Waals surface area contributed by atoms with Gasteiger partial charge in [0.15, 0.2) is 0 Å². The maximum Gasteiger partial charge on any atom is 0.416 e. The van der Waals surface area contributed by atoms with Crippen molar-refractivity contribution < 1.29 is 22.0 Å². The van der Waals surface area contributed by atoms with Gasteiger partial charge >= 0.3 is 11.9 Å². The maximum atomic E-state index is 14.3. The Morgan fingerprint density at radius 2 is 1.89 bits per heavy atom. The molecule has 1 aromatic heterocycles. The number of aromatic nitrogens is 2. The number of hydrogen-bond donors (Lipinski definition) is 0. The van der Waals surface area contributed by atoms with Crippen molar-refractivity contribution in [3.05, 3.63) is 68.7 Å². The van der Waals surface area contributed by atoms with Gasteiger partial charge in [-0.3, -0.25) is 4.57 Å². The molecule has 0 spiro atoms. The second kappa shape index (κ2) is 6.20. The molecule has 0 aliphatic carbocycles. The van der Waals surface area contributed by atoms with Crippen LogP contribution in [-0.4, -0.2) is 9.55 Å². The summed E-state index contributed by atoms with van der Waals surface area (Å²) in [6, 6.07) is 3.53. The van der Waals surface area contributed by atoms with E-state index in [4.69, 9.17) is 11.6 Å². The van der Waals surface area contributed by atoms with Crippen molar-refractivity contribution in [1.29, 1.82) is 0 Å². The van der Waals surface area contributed by atoms with Crippen LogP contribution >= 0.6 is 23.4 Å². The van der Waals surface area contributed by atoms with E-state index in [2.05, 4.69) is 4.98 Å². The summed E-state index contributed by atoms with van der Waals surface area (Å²) in [4.78, 5) is 15.9. The molecule has 3 nitrogen and oxygen atoms in total. The fourth-order valence-corrected chi connectivity index (χ4v) is 4.58. The lowest BCUT2D eigenvalue weighted by Crippen LogP contribution is -2.28. The highest BCUT2D eigenvalue weighted by molar-refractivity contribution is 7.99. The summed E-state index contributed by atoms with van der Waals surface area (Å²) in [5.41, 5.74) is -1.26. The molecule has 0 saturated heterocycles. The summed E-state index contributed by atoms with van der Waals surface area (Å²) < 4.78 is 68.5. The Morgan fingerprint density at radius 1 is 1.15 bits per heavy atom. The highest BCUT2D eigenvalue weighted by Crippen LogP contribution is 2.46. The fraction of sp³-hybridized carbons (Fsp3) is 0.176. The molecule has 0 N–H and O–H groups in total. The third-order valence-electron chi connectivity index (χ3n) is 4.25. The zero-order chi connectivity index (χ0) is 19.5. The smallest absolute Gasteiger partial charge is 0.289 e. The Hall–Kier alpha value is -2.13. The highest BCUT2D eigenvalue weighted by Gasteiger charge is 2.34. The molecule has 3 aromatic rings. The molecule has 2 aromatic carbocycles. The van der Waals surface area contributed by atoms with Crippen LogP contribution in [0.1, 0.15) is 16.4 Å². The largest absolute Gasteiger partial charge is 0.416 e. The monoisotopic (exact) mass is 418 g/mol. The molecular formula is C17H8ClF5N2OS. The number of thioether (sulfide) groups is 1. The predicted octanol–water partition coefficient (Wildman–Crippen LogP) is 5.19. The fourth-order valence-electron chi connectivity index (χ4n) is 3.03. The zero-order valence-electron chi connectivity index (χ0n) is 13.1. The average Bonchev–Trinajstić information content (AvgIpc) is 2.59. The Bertz CT molecular complexity index is 1140. The van der Waals surface area contributed by atoms with Crippen LogP contribution in [0, 0.1) is 11.6 Å². The first kappa shape index (κ1) is 18.2. The Kier molecular flexibility index (Phi) is 4.19. The number of benzene rings is 2. The lowest BCUT2D eigenvalue weighted by molar-refractivity contribution is -0.137. The van der Waals surface area contributed by atoms with E-state index in [1.54, 1.807) is 0 Å². The van der Waals surface area contributed by atoms with E-state index in [1.807, 2.05) is 0 Å². The molecule has 0 bridgehead atoms. The van der Waals surface area contributed by atoms with Crippen LogP contribution in [0.25, 0.3) is 10.9 Å². The van der Waals surface area contributed by atoms with Crippen molar-refractivity contribution in [3.63, 3.8) is 0 Å². The molecule has 1 aliphatic rings. The van der Waals surface area contributed by atoms with Gasteiger partial charge in [0.1, 0.15) is 11.6 Å². The van der Waals surface area contributed by atoms with Gasteiger partial charge in [-0.1, -0.05) is 11.6 Å². The molecule has 0 saturated carbocycles. The van der Waals surface area contributed by atoms with Crippen LogP contribution in [0.5, 0.6) is 0 Å². The third-order valence-corrected chi connectivity index (χ3v) is 5.79. The topological polar surface area (TPSA) is 34.9 Å². The second-order valence-electron chi connectivity index (χ2n) is 5.96. The van der Waals surface area contributed by atoms with Crippen molar-refractivity contribution in [2.75, 3.05) is 0 Å². The minimum Gasteiger partial charge on any atom is -0.289 e. The van der Waals surface area contributed by atoms with E-state index in [9.17, 15) is 26.7 Å². The molecular weight excluding hydrogens is 411 g/mol. The van der Waals surface area contributed by atoms with Crippen molar-refractivity contribution in [2.45, 2.75) is 22.9 Å². The normalized spacial score (nSPS) is 16.7. The number of rotatable bonds is 1. The van der Waals surface area contributed by atoms with Crippen molar-refractivity contribution in [2.24, 2.45) is 0 Å². The van der Waals surface area contributed by atoms with Crippen LogP contribution in [-0.2, 0) is 12.7 Å².